The van der Waals surface area contributed by atoms with E-state index in [1.165, 1.54) is 37.0 Å². The third kappa shape index (κ3) is 8.89. The van der Waals surface area contributed by atoms with Crippen molar-refractivity contribution >= 4 is 47.2 Å². The molecule has 2 rings (SSSR count). The van der Waals surface area contributed by atoms with Gasteiger partial charge in [0.15, 0.2) is 5.96 Å². The van der Waals surface area contributed by atoms with Crippen LogP contribution in [-0.4, -0.2) is 50.5 Å². The summed E-state index contributed by atoms with van der Waals surface area (Å²) in [5.74, 6) is 1.51. The molecule has 0 bridgehead atoms. The number of nitrogens with one attached hydrogen (secondary N) is 2. The molecule has 142 valence electrons. The molecule has 25 heavy (non-hydrogen) atoms. The second-order valence-electron chi connectivity index (χ2n) is 6.59. The van der Waals surface area contributed by atoms with Gasteiger partial charge in [-0.05, 0) is 36.6 Å². The normalized spacial score (nSPS) is 15.4. The van der Waals surface area contributed by atoms with Crippen molar-refractivity contribution in [2.24, 2.45) is 10.9 Å². The summed E-state index contributed by atoms with van der Waals surface area (Å²) in [6.45, 7) is 1.96. The Labute approximate surface area is 172 Å². The number of hydrogen-bond acceptors (Lipinski definition) is 3. The molecule has 5 nitrogen and oxygen atoms in total. The minimum Gasteiger partial charge on any atom is -0.356 e. The first kappa shape index (κ1) is 22.2. The Morgan fingerprint density at radius 2 is 2.04 bits per heavy atom. The number of guanidine groups is 1. The van der Waals surface area contributed by atoms with Gasteiger partial charge in [-0.2, -0.15) is 0 Å². The van der Waals surface area contributed by atoms with Gasteiger partial charge >= 0.3 is 0 Å². The first-order valence-corrected chi connectivity index (χ1v) is 9.78. The van der Waals surface area contributed by atoms with Crippen molar-refractivity contribution in [1.82, 2.24) is 15.5 Å². The number of rotatable bonds is 7. The Hall–Kier alpha value is -0.830. The van der Waals surface area contributed by atoms with E-state index in [0.29, 0.717) is 0 Å². The predicted octanol–water partition coefficient (Wildman–Crippen LogP) is 3.11. The number of thiophene rings is 1. The maximum atomic E-state index is 11.8. The smallest absolute Gasteiger partial charge is 0.243 e. The minimum atomic E-state index is 0. The fourth-order valence-electron chi connectivity index (χ4n) is 2.85. The largest absolute Gasteiger partial charge is 0.356 e. The number of halogens is 1. The highest BCUT2D eigenvalue weighted by molar-refractivity contribution is 14.0. The van der Waals surface area contributed by atoms with Crippen LogP contribution < -0.4 is 10.6 Å². The molecule has 1 fully saturated rings. The summed E-state index contributed by atoms with van der Waals surface area (Å²) in [5, 5.41) is 8.90. The van der Waals surface area contributed by atoms with Crippen molar-refractivity contribution in [2.45, 2.75) is 38.5 Å². The fourth-order valence-corrected chi connectivity index (χ4v) is 3.56. The van der Waals surface area contributed by atoms with E-state index < -0.39 is 0 Å². The predicted molar refractivity (Wildman–Crippen MR) is 117 cm³/mol. The summed E-state index contributed by atoms with van der Waals surface area (Å²) in [7, 11) is 3.52. The van der Waals surface area contributed by atoms with Crippen LogP contribution in [0, 0.1) is 5.92 Å². The van der Waals surface area contributed by atoms with E-state index in [2.05, 4.69) is 33.1 Å². The van der Waals surface area contributed by atoms with Crippen LogP contribution in [0.1, 0.15) is 37.0 Å². The Kier molecular flexibility index (Phi) is 11.1. The summed E-state index contributed by atoms with van der Waals surface area (Å²) in [5.41, 5.74) is 0. The van der Waals surface area contributed by atoms with E-state index in [9.17, 15) is 4.79 Å². The zero-order valence-electron chi connectivity index (χ0n) is 15.3. The lowest BCUT2D eigenvalue weighted by atomic mass is 9.89. The summed E-state index contributed by atoms with van der Waals surface area (Å²) in [4.78, 5) is 19.2. The Bertz CT molecular complexity index is 513. The number of amides is 1. The molecule has 0 unspecified atom stereocenters. The van der Waals surface area contributed by atoms with Crippen LogP contribution in [0.15, 0.2) is 22.5 Å². The summed E-state index contributed by atoms with van der Waals surface area (Å²) < 4.78 is 0. The van der Waals surface area contributed by atoms with Crippen LogP contribution in [0.4, 0.5) is 0 Å². The van der Waals surface area contributed by atoms with Crippen molar-refractivity contribution < 1.29 is 4.79 Å². The lowest BCUT2D eigenvalue weighted by Crippen LogP contribution is -2.41. The highest BCUT2D eigenvalue weighted by Gasteiger charge is 2.14. The Morgan fingerprint density at radius 1 is 1.28 bits per heavy atom. The van der Waals surface area contributed by atoms with E-state index in [4.69, 9.17) is 0 Å². The molecular weight excluding hydrogens is 447 g/mol. The Morgan fingerprint density at radius 3 is 2.68 bits per heavy atom. The fraction of sp³-hybridized carbons (Fsp3) is 0.667. The van der Waals surface area contributed by atoms with E-state index in [-0.39, 0.29) is 36.4 Å². The van der Waals surface area contributed by atoms with Crippen LogP contribution in [0.25, 0.3) is 0 Å². The number of hydrogen-bond donors (Lipinski definition) is 2. The van der Waals surface area contributed by atoms with Gasteiger partial charge in [0.2, 0.25) is 5.91 Å². The number of nitrogens with zero attached hydrogens (tertiary/aromatic N) is 2. The van der Waals surface area contributed by atoms with E-state index in [1.807, 2.05) is 0 Å². The monoisotopic (exact) mass is 478 g/mol. The lowest BCUT2D eigenvalue weighted by Gasteiger charge is -2.23. The summed E-state index contributed by atoms with van der Waals surface area (Å²) >= 11 is 1.77. The highest BCUT2D eigenvalue weighted by Crippen LogP contribution is 2.22. The molecule has 1 aromatic heterocycles. The Balaban J connectivity index is 0.00000312. The van der Waals surface area contributed by atoms with Gasteiger partial charge in [-0.3, -0.25) is 4.79 Å². The van der Waals surface area contributed by atoms with Gasteiger partial charge in [-0.1, -0.05) is 25.3 Å². The third-order valence-electron chi connectivity index (χ3n) is 4.40. The van der Waals surface area contributed by atoms with Crippen molar-refractivity contribution in [3.05, 3.63) is 22.4 Å². The molecule has 1 heterocycles. The number of carbonyl (C=O) groups excluding carboxylic acids is 1. The molecule has 2 N–H and O–H groups in total. The van der Waals surface area contributed by atoms with Crippen LogP contribution in [0.2, 0.25) is 0 Å². The van der Waals surface area contributed by atoms with Crippen molar-refractivity contribution in [1.29, 1.82) is 0 Å². The molecule has 1 saturated carbocycles. The standard InChI is InChI=1S/C18H30N4OS.HI/c1-22(2)17(23)14-21-18(19-11-10-16-9-6-12-24-16)20-13-15-7-4-3-5-8-15;/h6,9,12,15H,3-5,7-8,10-11,13-14H2,1-2H3,(H2,19,20,21);1H. The first-order chi connectivity index (χ1) is 11.6. The molecule has 0 aliphatic heterocycles. The average Bonchev–Trinajstić information content (AvgIpc) is 3.10. The van der Waals surface area contributed by atoms with Gasteiger partial charge in [0, 0.05) is 32.1 Å². The van der Waals surface area contributed by atoms with E-state index >= 15 is 0 Å². The zero-order valence-corrected chi connectivity index (χ0v) is 18.4. The molecule has 0 saturated heterocycles. The molecule has 1 aromatic rings. The van der Waals surface area contributed by atoms with Gasteiger partial charge < -0.3 is 15.5 Å². The average molecular weight is 478 g/mol. The number of carbonyl (C=O) groups is 1. The number of likely N-dealkylation sites (N-methyl/N-ethyl adjacent to an activating group) is 1. The van der Waals surface area contributed by atoms with Crippen LogP contribution >= 0.6 is 35.3 Å². The van der Waals surface area contributed by atoms with E-state index in [0.717, 1.165) is 31.4 Å². The molecular formula is C18H31IN4OS. The van der Waals surface area contributed by atoms with Crippen molar-refractivity contribution in [3.8, 4) is 0 Å². The van der Waals surface area contributed by atoms with E-state index in [1.54, 1.807) is 30.3 Å². The van der Waals surface area contributed by atoms with Crippen molar-refractivity contribution in [2.75, 3.05) is 33.7 Å². The lowest BCUT2D eigenvalue weighted by molar-refractivity contribution is -0.127. The maximum Gasteiger partial charge on any atom is 0.243 e. The van der Waals surface area contributed by atoms with Gasteiger partial charge in [0.25, 0.3) is 0 Å². The molecule has 0 spiro atoms. The first-order valence-electron chi connectivity index (χ1n) is 8.90. The van der Waals surface area contributed by atoms with Gasteiger partial charge in [-0.25, -0.2) is 4.99 Å². The molecule has 1 amide bonds. The molecule has 1 aliphatic rings. The van der Waals surface area contributed by atoms with Crippen LogP contribution in [0.5, 0.6) is 0 Å². The second-order valence-corrected chi connectivity index (χ2v) is 7.63. The highest BCUT2D eigenvalue weighted by atomic mass is 127. The van der Waals surface area contributed by atoms with Gasteiger partial charge in [-0.15, -0.1) is 35.3 Å². The molecule has 0 atom stereocenters. The minimum absolute atomic E-state index is 0. The van der Waals surface area contributed by atoms with Gasteiger partial charge in [0.1, 0.15) is 6.54 Å². The molecule has 7 heteroatoms. The third-order valence-corrected chi connectivity index (χ3v) is 5.33. The van der Waals surface area contributed by atoms with Crippen molar-refractivity contribution in [3.63, 3.8) is 0 Å². The second kappa shape index (κ2) is 12.5. The molecule has 0 aromatic carbocycles. The zero-order chi connectivity index (χ0) is 17.2. The van der Waals surface area contributed by atoms with Crippen LogP contribution in [0.3, 0.4) is 0 Å². The maximum absolute atomic E-state index is 11.8. The number of aliphatic imine (C=N–C) groups is 1. The molecule has 1 aliphatic carbocycles. The summed E-state index contributed by atoms with van der Waals surface area (Å²) in [6, 6.07) is 4.22. The molecule has 0 radical (unpaired) electrons. The summed E-state index contributed by atoms with van der Waals surface area (Å²) in [6.07, 6.45) is 7.61. The SMILES string of the molecule is CN(C)C(=O)CN=C(NCCc1cccs1)NCC1CCCCC1.I. The quantitative estimate of drug-likeness (QED) is 0.360. The topological polar surface area (TPSA) is 56.7 Å². The van der Waals surface area contributed by atoms with Crippen LogP contribution in [-0.2, 0) is 11.2 Å². The van der Waals surface area contributed by atoms with Gasteiger partial charge in [0.05, 0.1) is 0 Å².